The van der Waals surface area contributed by atoms with Crippen LogP contribution in [0, 0.1) is 0 Å². The fourth-order valence-corrected chi connectivity index (χ4v) is 2.84. The van der Waals surface area contributed by atoms with Crippen LogP contribution in [0.4, 0.5) is 0 Å². The molecule has 0 aliphatic heterocycles. The summed E-state index contributed by atoms with van der Waals surface area (Å²) in [5, 5.41) is 3.56. The largest absolute Gasteiger partial charge is 0.319 e. The number of rotatable bonds is 6. The minimum absolute atomic E-state index is 0.837. The quantitative estimate of drug-likeness (QED) is 0.531. The van der Waals surface area contributed by atoms with Crippen molar-refractivity contribution in [1.29, 1.82) is 0 Å². The fraction of sp³-hybridized carbons (Fsp3) is 0.800. The molecule has 0 rings (SSSR count). The summed E-state index contributed by atoms with van der Waals surface area (Å²) in [7, 11) is -1.94. The molecule has 0 bridgehead atoms. The van der Waals surface area contributed by atoms with Crippen LogP contribution in [0.5, 0.6) is 0 Å². The predicted molar refractivity (Wildman–Crippen MR) is 68.7 cm³/mol. The van der Waals surface area contributed by atoms with Gasteiger partial charge in [0.1, 0.15) is 0 Å². The summed E-state index contributed by atoms with van der Waals surface area (Å²) in [6.45, 7) is 17.0. The molecular formula is C10H25NSi2. The number of hydrogen-bond acceptors (Lipinski definition) is 1. The maximum atomic E-state index is 3.89. The van der Waals surface area contributed by atoms with E-state index >= 15 is 0 Å². The molecule has 0 saturated carbocycles. The van der Waals surface area contributed by atoms with Crippen LogP contribution in [0.15, 0.2) is 12.3 Å². The first-order valence-electron chi connectivity index (χ1n) is 5.11. The molecule has 78 valence electrons. The van der Waals surface area contributed by atoms with Crippen molar-refractivity contribution in [2.45, 2.75) is 38.8 Å². The van der Waals surface area contributed by atoms with Crippen molar-refractivity contribution in [1.82, 2.24) is 5.32 Å². The van der Waals surface area contributed by atoms with Crippen LogP contribution >= 0.6 is 0 Å². The summed E-state index contributed by atoms with van der Waals surface area (Å²) in [5.74, 6) is 0. The van der Waals surface area contributed by atoms with E-state index in [1.165, 1.54) is 18.8 Å². The average Bonchev–Trinajstić information content (AvgIpc) is 1.97. The SMILES string of the molecule is C=C[Si](C)(C)CNCC[Si](C)(C)C. The Balaban J connectivity index is 3.52. The number of hydrogen-bond donors (Lipinski definition) is 1. The summed E-state index contributed by atoms with van der Waals surface area (Å²) in [6.07, 6.45) is 1.18. The lowest BCUT2D eigenvalue weighted by Crippen LogP contribution is -2.39. The van der Waals surface area contributed by atoms with Crippen LogP contribution in [-0.4, -0.2) is 28.9 Å². The fourth-order valence-electron chi connectivity index (χ4n) is 0.946. The van der Waals surface area contributed by atoms with Crippen molar-refractivity contribution in [2.75, 3.05) is 12.7 Å². The Bertz CT molecular complexity index is 159. The molecule has 0 aromatic carbocycles. The van der Waals surface area contributed by atoms with Gasteiger partial charge in [-0.1, -0.05) is 32.7 Å². The molecule has 1 nitrogen and oxygen atoms in total. The van der Waals surface area contributed by atoms with Gasteiger partial charge in [-0.15, -0.1) is 12.3 Å². The first-order valence-corrected chi connectivity index (χ1v) is 12.1. The molecule has 0 unspecified atom stereocenters. The van der Waals surface area contributed by atoms with E-state index < -0.39 is 16.1 Å². The molecule has 13 heavy (non-hydrogen) atoms. The van der Waals surface area contributed by atoms with Crippen molar-refractivity contribution in [2.24, 2.45) is 0 Å². The second kappa shape index (κ2) is 5.12. The molecule has 0 aromatic heterocycles. The molecule has 0 radical (unpaired) electrons. The third-order valence-electron chi connectivity index (χ3n) is 2.18. The van der Waals surface area contributed by atoms with Gasteiger partial charge in [-0.05, 0) is 18.8 Å². The highest BCUT2D eigenvalue weighted by atomic mass is 28.3. The number of nitrogens with one attached hydrogen (secondary N) is 1. The van der Waals surface area contributed by atoms with E-state index in [9.17, 15) is 0 Å². The van der Waals surface area contributed by atoms with Crippen molar-refractivity contribution in [3.05, 3.63) is 12.3 Å². The summed E-state index contributed by atoms with van der Waals surface area (Å²) >= 11 is 0. The molecule has 0 fully saturated rings. The zero-order valence-corrected chi connectivity index (χ0v) is 11.9. The van der Waals surface area contributed by atoms with Gasteiger partial charge in [0, 0.05) is 8.07 Å². The topological polar surface area (TPSA) is 12.0 Å². The van der Waals surface area contributed by atoms with Crippen LogP contribution in [0.25, 0.3) is 0 Å². The molecule has 0 aliphatic rings. The van der Waals surface area contributed by atoms with Crippen LogP contribution < -0.4 is 5.32 Å². The van der Waals surface area contributed by atoms with Gasteiger partial charge in [0.2, 0.25) is 0 Å². The molecule has 1 N–H and O–H groups in total. The summed E-state index contributed by atoms with van der Waals surface area (Å²) in [4.78, 5) is 0. The molecule has 3 heteroatoms. The van der Waals surface area contributed by atoms with E-state index in [2.05, 4.69) is 50.3 Å². The van der Waals surface area contributed by atoms with Gasteiger partial charge in [0.05, 0.1) is 8.07 Å². The molecule has 0 heterocycles. The van der Waals surface area contributed by atoms with Gasteiger partial charge in [-0.25, -0.2) is 0 Å². The second-order valence-corrected chi connectivity index (χ2v) is 16.0. The van der Waals surface area contributed by atoms with Crippen LogP contribution in [0.2, 0.25) is 38.8 Å². The van der Waals surface area contributed by atoms with Crippen LogP contribution in [0.1, 0.15) is 0 Å². The Labute approximate surface area is 85.6 Å². The highest BCUT2D eigenvalue weighted by Crippen LogP contribution is 2.06. The third kappa shape index (κ3) is 8.46. The van der Waals surface area contributed by atoms with Gasteiger partial charge < -0.3 is 5.32 Å². The van der Waals surface area contributed by atoms with Gasteiger partial charge in [0.25, 0.3) is 0 Å². The van der Waals surface area contributed by atoms with Crippen molar-refractivity contribution in [3.63, 3.8) is 0 Å². The standard InChI is InChI=1S/C10H25NSi2/c1-7-13(5,6)10-11-8-9-12(2,3)4/h7,11H,1,8-10H2,2-6H3. The maximum Gasteiger partial charge on any atom is 0.0851 e. The molecule has 0 amide bonds. The Morgan fingerprint density at radius 1 is 1.15 bits per heavy atom. The molecule has 0 saturated heterocycles. The third-order valence-corrected chi connectivity index (χ3v) is 6.20. The minimum atomic E-state index is -1.11. The van der Waals surface area contributed by atoms with Crippen LogP contribution in [-0.2, 0) is 0 Å². The predicted octanol–water partition coefficient (Wildman–Crippen LogP) is 2.89. The van der Waals surface area contributed by atoms with E-state index in [0.29, 0.717) is 0 Å². The Kier molecular flexibility index (Phi) is 5.18. The highest BCUT2D eigenvalue weighted by Gasteiger charge is 2.16. The van der Waals surface area contributed by atoms with E-state index in [4.69, 9.17) is 0 Å². The normalized spacial score (nSPS) is 13.0. The Morgan fingerprint density at radius 3 is 2.08 bits per heavy atom. The van der Waals surface area contributed by atoms with Gasteiger partial charge >= 0.3 is 0 Å². The molecular weight excluding hydrogens is 190 g/mol. The zero-order chi connectivity index (χ0) is 10.5. The lowest BCUT2D eigenvalue weighted by atomic mass is 10.8. The maximum absolute atomic E-state index is 3.89. The lowest BCUT2D eigenvalue weighted by Gasteiger charge is -2.20. The van der Waals surface area contributed by atoms with E-state index in [-0.39, 0.29) is 0 Å². The molecule has 0 aliphatic carbocycles. The van der Waals surface area contributed by atoms with Crippen molar-refractivity contribution in [3.8, 4) is 0 Å². The van der Waals surface area contributed by atoms with Crippen LogP contribution in [0.3, 0.4) is 0 Å². The summed E-state index contributed by atoms with van der Waals surface area (Å²) in [5.41, 5.74) is 2.16. The van der Waals surface area contributed by atoms with Crippen molar-refractivity contribution >= 4 is 16.1 Å². The summed E-state index contributed by atoms with van der Waals surface area (Å²) < 4.78 is 0. The first kappa shape index (κ1) is 13.1. The van der Waals surface area contributed by atoms with E-state index in [1.807, 2.05) is 0 Å². The Morgan fingerprint density at radius 2 is 1.69 bits per heavy atom. The second-order valence-electron chi connectivity index (χ2n) is 5.68. The zero-order valence-electron chi connectivity index (χ0n) is 9.91. The smallest absolute Gasteiger partial charge is 0.0851 e. The first-order chi connectivity index (χ1) is 5.77. The molecule has 0 atom stereocenters. The lowest BCUT2D eigenvalue weighted by molar-refractivity contribution is 0.809. The summed E-state index contributed by atoms with van der Waals surface area (Å²) in [6, 6.07) is 1.38. The van der Waals surface area contributed by atoms with Gasteiger partial charge in [-0.3, -0.25) is 0 Å². The minimum Gasteiger partial charge on any atom is -0.319 e. The van der Waals surface area contributed by atoms with E-state index in [0.717, 1.165) is 0 Å². The Hall–Kier alpha value is 0.134. The highest BCUT2D eigenvalue weighted by molar-refractivity contribution is 6.82. The monoisotopic (exact) mass is 215 g/mol. The average molecular weight is 215 g/mol. The molecule has 0 spiro atoms. The molecule has 0 aromatic rings. The van der Waals surface area contributed by atoms with Crippen molar-refractivity contribution < 1.29 is 0 Å². The van der Waals surface area contributed by atoms with Gasteiger partial charge in [0.15, 0.2) is 0 Å². The van der Waals surface area contributed by atoms with E-state index in [1.54, 1.807) is 0 Å². The van der Waals surface area contributed by atoms with Gasteiger partial charge in [-0.2, -0.15) is 0 Å².